The number of nitrogens with zero attached hydrogens (tertiary/aromatic N) is 3. The lowest BCUT2D eigenvalue weighted by Crippen LogP contribution is -2.43. The molecule has 0 bridgehead atoms. The van der Waals surface area contributed by atoms with E-state index in [1.807, 2.05) is 0 Å². The number of amidine groups is 2. The van der Waals surface area contributed by atoms with E-state index in [1.54, 1.807) is 0 Å². The summed E-state index contributed by atoms with van der Waals surface area (Å²) in [5, 5.41) is 10.7. The van der Waals surface area contributed by atoms with Gasteiger partial charge in [-0.25, -0.2) is 5.43 Å². The second-order valence-corrected chi connectivity index (χ2v) is 4.88. The Hall–Kier alpha value is -3.31. The van der Waals surface area contributed by atoms with Crippen molar-refractivity contribution in [2.24, 2.45) is 26.8 Å². The molecule has 0 fully saturated rings. The van der Waals surface area contributed by atoms with E-state index in [9.17, 15) is 17.6 Å². The van der Waals surface area contributed by atoms with Gasteiger partial charge in [-0.05, 0) is 12.2 Å². The van der Waals surface area contributed by atoms with Gasteiger partial charge in [0.15, 0.2) is 29.4 Å². The van der Waals surface area contributed by atoms with Gasteiger partial charge in [0.25, 0.3) is 0 Å². The number of rotatable bonds is 3. The van der Waals surface area contributed by atoms with Crippen LogP contribution in [0.4, 0.5) is 17.6 Å². The van der Waals surface area contributed by atoms with E-state index in [0.717, 1.165) is 24.7 Å². The van der Waals surface area contributed by atoms with Crippen LogP contribution in [0, 0.1) is 0 Å². The molecule has 0 aromatic rings. The molecule has 3 aliphatic rings. The van der Waals surface area contributed by atoms with E-state index in [0.29, 0.717) is 0 Å². The highest BCUT2D eigenvalue weighted by atomic mass is 19.3. The third kappa shape index (κ3) is 2.81. The van der Waals surface area contributed by atoms with Crippen molar-refractivity contribution in [3.05, 3.63) is 48.0 Å². The predicted molar refractivity (Wildman–Crippen MR) is 79.3 cm³/mol. The number of nitrogens with one attached hydrogen (secondary N) is 1. The third-order valence-electron chi connectivity index (χ3n) is 3.19. The highest BCUT2D eigenvalue weighted by molar-refractivity contribution is 6.68. The summed E-state index contributed by atoms with van der Waals surface area (Å²) in [4.78, 5) is 0. The average Bonchev–Trinajstić information content (AvgIpc) is 2.87. The molecule has 0 aromatic heterocycles. The number of nitrogens with two attached hydrogens (primary N) is 2. The molecule has 5 N–H and O–H groups in total. The van der Waals surface area contributed by atoms with Crippen LogP contribution in [0.5, 0.6) is 0 Å². The van der Waals surface area contributed by atoms with Crippen LogP contribution in [0.1, 0.15) is 0 Å². The minimum absolute atomic E-state index is 0.00252. The highest BCUT2D eigenvalue weighted by Crippen LogP contribution is 2.46. The van der Waals surface area contributed by atoms with Crippen LogP contribution in [0.2, 0.25) is 0 Å². The molecule has 0 aromatic carbocycles. The smallest absolute Gasteiger partial charge is 0.342 e. The zero-order valence-electron chi connectivity index (χ0n) is 12.2. The monoisotopic (exact) mass is 358 g/mol. The Balaban J connectivity index is 1.76. The molecule has 2 heterocycles. The fraction of sp³-hybridized carbons (Fsp3) is 0.154. The maximum atomic E-state index is 13.9. The molecule has 0 saturated carbocycles. The fourth-order valence-electron chi connectivity index (χ4n) is 1.94. The molecular weight excluding hydrogens is 348 g/mol. The third-order valence-corrected chi connectivity index (χ3v) is 3.19. The van der Waals surface area contributed by atoms with E-state index in [2.05, 4.69) is 20.7 Å². The van der Waals surface area contributed by atoms with Crippen LogP contribution < -0.4 is 16.9 Å². The summed E-state index contributed by atoms with van der Waals surface area (Å²) in [6, 6.07) is 0. The fourth-order valence-corrected chi connectivity index (χ4v) is 1.94. The molecule has 3 rings (SSSR count). The molecule has 0 atom stereocenters. The van der Waals surface area contributed by atoms with E-state index in [-0.39, 0.29) is 29.3 Å². The maximum absolute atomic E-state index is 13.9. The van der Waals surface area contributed by atoms with Gasteiger partial charge >= 0.3 is 11.8 Å². The van der Waals surface area contributed by atoms with Gasteiger partial charge in [-0.3, -0.25) is 0 Å². The number of hydrazone groups is 1. The summed E-state index contributed by atoms with van der Waals surface area (Å²) in [5.41, 5.74) is 12.2. The standard InChI is InChI=1S/C13H10F4N6O2/c14-12(15)3-1-2-6(13(12,16)17)7-4-24-5-8(25-7)20-21-9-10(18)22-23-11(9)19/h1-5,20H,(H4,18,19,21,22,23). The summed E-state index contributed by atoms with van der Waals surface area (Å²) in [6.07, 6.45) is 3.43. The Morgan fingerprint density at radius 1 is 1.08 bits per heavy atom. The first kappa shape index (κ1) is 16.5. The molecule has 12 heteroatoms. The van der Waals surface area contributed by atoms with E-state index < -0.39 is 23.2 Å². The molecule has 25 heavy (non-hydrogen) atoms. The van der Waals surface area contributed by atoms with Crippen molar-refractivity contribution in [2.45, 2.75) is 11.8 Å². The van der Waals surface area contributed by atoms with Gasteiger partial charge in [-0.15, -0.1) is 10.2 Å². The Bertz CT molecular complexity index is 802. The van der Waals surface area contributed by atoms with Gasteiger partial charge in [0.2, 0.25) is 5.88 Å². The number of allylic oxidation sites excluding steroid dienone is 4. The molecule has 0 unspecified atom stereocenters. The topological polar surface area (TPSA) is 120 Å². The molecule has 1 aliphatic carbocycles. The van der Waals surface area contributed by atoms with Gasteiger partial charge in [-0.2, -0.15) is 22.7 Å². The second kappa shape index (κ2) is 5.65. The van der Waals surface area contributed by atoms with Crippen molar-refractivity contribution in [1.29, 1.82) is 0 Å². The van der Waals surface area contributed by atoms with Crippen molar-refractivity contribution in [2.75, 3.05) is 0 Å². The maximum Gasteiger partial charge on any atom is 0.342 e. The van der Waals surface area contributed by atoms with Crippen molar-refractivity contribution >= 4 is 17.4 Å². The molecule has 0 radical (unpaired) electrons. The van der Waals surface area contributed by atoms with Gasteiger partial charge in [0.1, 0.15) is 6.26 Å². The Labute approximate surface area is 137 Å². The molecular formula is C13H10F4N6O2. The first-order valence-electron chi connectivity index (χ1n) is 6.63. The highest BCUT2D eigenvalue weighted by Gasteiger charge is 2.59. The summed E-state index contributed by atoms with van der Waals surface area (Å²) >= 11 is 0. The minimum Gasteiger partial charge on any atom is -0.463 e. The lowest BCUT2D eigenvalue weighted by Gasteiger charge is -2.30. The number of hydrogen-bond donors (Lipinski definition) is 3. The van der Waals surface area contributed by atoms with Crippen LogP contribution in [0.25, 0.3) is 0 Å². The Morgan fingerprint density at radius 2 is 1.76 bits per heavy atom. The number of ether oxygens (including phenoxy) is 2. The Kier molecular flexibility index (Phi) is 3.74. The van der Waals surface area contributed by atoms with Gasteiger partial charge in [0.05, 0.1) is 5.57 Å². The summed E-state index contributed by atoms with van der Waals surface area (Å²) in [7, 11) is 0. The molecule has 0 spiro atoms. The summed E-state index contributed by atoms with van der Waals surface area (Å²) in [5.74, 6) is -9.89. The minimum atomic E-state index is -4.48. The van der Waals surface area contributed by atoms with E-state index in [1.165, 1.54) is 0 Å². The number of halogens is 4. The zero-order chi connectivity index (χ0) is 18.2. The van der Waals surface area contributed by atoms with Crippen molar-refractivity contribution in [3.63, 3.8) is 0 Å². The van der Waals surface area contributed by atoms with Crippen LogP contribution in [0.3, 0.4) is 0 Å². The zero-order valence-corrected chi connectivity index (χ0v) is 12.2. The van der Waals surface area contributed by atoms with Crippen molar-refractivity contribution in [3.8, 4) is 0 Å². The first-order valence-corrected chi connectivity index (χ1v) is 6.63. The normalized spacial score (nSPS) is 23.4. The molecule has 8 nitrogen and oxygen atoms in total. The summed E-state index contributed by atoms with van der Waals surface area (Å²) < 4.78 is 64.6. The van der Waals surface area contributed by atoms with Gasteiger partial charge in [0, 0.05) is 0 Å². The quantitative estimate of drug-likeness (QED) is 0.514. The van der Waals surface area contributed by atoms with Gasteiger partial charge in [-0.1, -0.05) is 6.08 Å². The first-order chi connectivity index (χ1) is 11.7. The van der Waals surface area contributed by atoms with E-state index >= 15 is 0 Å². The SMILES string of the molecule is NC1=NN=C(N)C1=NNC1=COC=C(C2=CC=CC(F)(F)C2(F)F)O1. The Morgan fingerprint density at radius 3 is 2.44 bits per heavy atom. The van der Waals surface area contributed by atoms with Crippen LogP contribution in [0.15, 0.2) is 63.3 Å². The van der Waals surface area contributed by atoms with Crippen molar-refractivity contribution in [1.82, 2.24) is 5.43 Å². The largest absolute Gasteiger partial charge is 0.463 e. The molecule has 0 amide bonds. The predicted octanol–water partition coefficient (Wildman–Crippen LogP) is 1.03. The molecule has 132 valence electrons. The van der Waals surface area contributed by atoms with Crippen molar-refractivity contribution < 1.29 is 27.0 Å². The van der Waals surface area contributed by atoms with Crippen LogP contribution >= 0.6 is 0 Å². The summed E-state index contributed by atoms with van der Waals surface area (Å²) in [6.45, 7) is 0. The molecule has 0 saturated heterocycles. The lowest BCUT2D eigenvalue weighted by molar-refractivity contribution is -0.156. The van der Waals surface area contributed by atoms with E-state index in [4.69, 9.17) is 20.9 Å². The van der Waals surface area contributed by atoms with Crippen LogP contribution in [-0.4, -0.2) is 29.2 Å². The number of alkyl halides is 4. The molecule has 2 aliphatic heterocycles. The number of hydrogen-bond acceptors (Lipinski definition) is 8. The second-order valence-electron chi connectivity index (χ2n) is 4.88. The van der Waals surface area contributed by atoms with Crippen LogP contribution in [-0.2, 0) is 9.47 Å². The van der Waals surface area contributed by atoms with Gasteiger partial charge < -0.3 is 20.9 Å². The average molecular weight is 358 g/mol. The lowest BCUT2D eigenvalue weighted by atomic mass is 9.95.